The number of aromatic nitrogens is 2. The lowest BCUT2D eigenvalue weighted by molar-refractivity contribution is 0.0680. The highest BCUT2D eigenvalue weighted by molar-refractivity contribution is 5.98. The van der Waals surface area contributed by atoms with Gasteiger partial charge in [0.1, 0.15) is 11.4 Å². The molecule has 0 bridgehead atoms. The van der Waals surface area contributed by atoms with Crippen LogP contribution in [0, 0.1) is 0 Å². The molecule has 1 fully saturated rings. The average Bonchev–Trinajstić information content (AvgIpc) is 3.31. The highest BCUT2D eigenvalue weighted by Crippen LogP contribution is 2.28. The monoisotopic (exact) mass is 445 g/mol. The van der Waals surface area contributed by atoms with E-state index in [1.165, 1.54) is 0 Å². The van der Waals surface area contributed by atoms with Crippen LogP contribution in [0.15, 0.2) is 60.7 Å². The van der Waals surface area contributed by atoms with Crippen LogP contribution in [-0.2, 0) is 13.1 Å². The van der Waals surface area contributed by atoms with Gasteiger partial charge >= 0.3 is 0 Å². The molecule has 2 aliphatic heterocycles. The number of nitrogens with zero attached hydrogens (tertiary/aromatic N) is 5. The maximum Gasteiger partial charge on any atom is 0.274 e. The lowest BCUT2D eigenvalue weighted by Gasteiger charge is -2.36. The number of hydrogen-bond acceptors (Lipinski definition) is 5. The highest BCUT2D eigenvalue weighted by atomic mass is 16.5. The molecule has 3 heterocycles. The standard InChI is InChI=1S/C25H27N5O3/c1-33-23-10-6-5-9-21(23)27-11-13-28(14-12-27)24(31)20-17-22-25(32)29(15-16-30(22)26-20)18-19-7-3-2-4-8-19/h2-10,17H,11-16,18H2,1H3. The smallest absolute Gasteiger partial charge is 0.274 e. The van der Waals surface area contributed by atoms with Crippen LogP contribution in [-0.4, -0.2) is 71.2 Å². The molecule has 0 N–H and O–H groups in total. The molecule has 1 saturated heterocycles. The molecule has 0 radical (unpaired) electrons. The van der Waals surface area contributed by atoms with E-state index in [0.717, 1.165) is 17.0 Å². The van der Waals surface area contributed by atoms with Gasteiger partial charge in [0.05, 0.1) is 19.3 Å². The SMILES string of the molecule is COc1ccccc1N1CCN(C(=O)c2cc3n(n2)CCN(Cc2ccccc2)C3=O)CC1. The summed E-state index contributed by atoms with van der Waals surface area (Å²) < 4.78 is 7.14. The number of para-hydroxylation sites is 2. The van der Waals surface area contributed by atoms with Crippen LogP contribution in [0.1, 0.15) is 26.5 Å². The fraction of sp³-hybridized carbons (Fsp3) is 0.320. The Morgan fingerprint density at radius 1 is 0.939 bits per heavy atom. The molecule has 8 nitrogen and oxygen atoms in total. The number of amides is 2. The molecule has 2 amide bonds. The largest absolute Gasteiger partial charge is 0.495 e. The molecule has 1 aromatic heterocycles. The summed E-state index contributed by atoms with van der Waals surface area (Å²) in [7, 11) is 1.67. The molecule has 2 aromatic carbocycles. The van der Waals surface area contributed by atoms with Crippen molar-refractivity contribution in [1.82, 2.24) is 19.6 Å². The van der Waals surface area contributed by atoms with Crippen molar-refractivity contribution in [3.63, 3.8) is 0 Å². The van der Waals surface area contributed by atoms with E-state index in [0.29, 0.717) is 57.2 Å². The zero-order valence-electron chi connectivity index (χ0n) is 18.7. The van der Waals surface area contributed by atoms with Crippen molar-refractivity contribution in [2.45, 2.75) is 13.1 Å². The van der Waals surface area contributed by atoms with E-state index >= 15 is 0 Å². The summed E-state index contributed by atoms with van der Waals surface area (Å²) in [6, 6.07) is 19.5. The number of rotatable bonds is 5. The Balaban J connectivity index is 1.25. The van der Waals surface area contributed by atoms with Gasteiger partial charge in [0.25, 0.3) is 11.8 Å². The molecule has 3 aromatic rings. The van der Waals surface area contributed by atoms with Crippen molar-refractivity contribution in [3.05, 3.63) is 77.6 Å². The maximum atomic E-state index is 13.1. The van der Waals surface area contributed by atoms with Crippen molar-refractivity contribution < 1.29 is 14.3 Å². The number of anilines is 1. The molecular formula is C25H27N5O3. The van der Waals surface area contributed by atoms with Gasteiger partial charge in [-0.3, -0.25) is 14.3 Å². The second kappa shape index (κ2) is 8.97. The number of piperazine rings is 1. The van der Waals surface area contributed by atoms with Crippen molar-refractivity contribution in [2.24, 2.45) is 0 Å². The predicted molar refractivity (Wildman–Crippen MR) is 125 cm³/mol. The third-order valence-electron chi connectivity index (χ3n) is 6.30. The minimum absolute atomic E-state index is 0.0855. The van der Waals surface area contributed by atoms with Crippen LogP contribution in [0.3, 0.4) is 0 Å². The van der Waals surface area contributed by atoms with Crippen molar-refractivity contribution in [1.29, 1.82) is 0 Å². The number of carbonyl (C=O) groups is 2. The summed E-state index contributed by atoms with van der Waals surface area (Å²) in [4.78, 5) is 32.0. The van der Waals surface area contributed by atoms with Gasteiger partial charge in [-0.05, 0) is 17.7 Å². The quantitative estimate of drug-likeness (QED) is 0.604. The van der Waals surface area contributed by atoms with E-state index in [1.807, 2.05) is 64.4 Å². The highest BCUT2D eigenvalue weighted by Gasteiger charge is 2.30. The molecular weight excluding hydrogens is 418 g/mol. The molecule has 2 aliphatic rings. The Kier molecular flexibility index (Phi) is 5.73. The van der Waals surface area contributed by atoms with Crippen LogP contribution in [0.4, 0.5) is 5.69 Å². The van der Waals surface area contributed by atoms with Crippen LogP contribution in [0.25, 0.3) is 0 Å². The number of fused-ring (bicyclic) bond motifs is 1. The van der Waals surface area contributed by atoms with Crippen LogP contribution >= 0.6 is 0 Å². The third-order valence-corrected chi connectivity index (χ3v) is 6.30. The van der Waals surface area contributed by atoms with Gasteiger partial charge in [-0.1, -0.05) is 42.5 Å². The van der Waals surface area contributed by atoms with E-state index in [1.54, 1.807) is 17.9 Å². The maximum absolute atomic E-state index is 13.1. The topological polar surface area (TPSA) is 70.9 Å². The first-order valence-corrected chi connectivity index (χ1v) is 11.2. The zero-order valence-corrected chi connectivity index (χ0v) is 18.7. The fourth-order valence-corrected chi connectivity index (χ4v) is 4.50. The number of hydrogen-bond donors (Lipinski definition) is 0. The van der Waals surface area contributed by atoms with Crippen LogP contribution < -0.4 is 9.64 Å². The summed E-state index contributed by atoms with van der Waals surface area (Å²) in [5, 5.41) is 4.47. The summed E-state index contributed by atoms with van der Waals surface area (Å²) in [6.45, 7) is 4.32. The van der Waals surface area contributed by atoms with E-state index in [-0.39, 0.29) is 11.8 Å². The summed E-state index contributed by atoms with van der Waals surface area (Å²) >= 11 is 0. The minimum atomic E-state index is -0.126. The average molecular weight is 446 g/mol. The molecule has 0 saturated carbocycles. The summed E-state index contributed by atoms with van der Waals surface area (Å²) in [6.07, 6.45) is 0. The van der Waals surface area contributed by atoms with Crippen LogP contribution in [0.5, 0.6) is 5.75 Å². The molecule has 0 atom stereocenters. The number of ether oxygens (including phenoxy) is 1. The Labute approximate surface area is 193 Å². The summed E-state index contributed by atoms with van der Waals surface area (Å²) in [5.74, 6) is 0.620. The predicted octanol–water partition coefficient (Wildman–Crippen LogP) is 2.51. The van der Waals surface area contributed by atoms with Crippen LogP contribution in [0.2, 0.25) is 0 Å². The molecule has 0 aliphatic carbocycles. The minimum Gasteiger partial charge on any atom is -0.495 e. The van der Waals surface area contributed by atoms with Gasteiger partial charge in [-0.2, -0.15) is 5.10 Å². The molecule has 8 heteroatoms. The normalized spacial score (nSPS) is 16.0. The van der Waals surface area contributed by atoms with E-state index in [9.17, 15) is 9.59 Å². The number of methoxy groups -OCH3 is 1. The zero-order chi connectivity index (χ0) is 22.8. The van der Waals surface area contributed by atoms with Gasteiger partial charge in [0.2, 0.25) is 0 Å². The molecule has 0 spiro atoms. The van der Waals surface area contributed by atoms with Gasteiger partial charge in [0.15, 0.2) is 5.69 Å². The second-order valence-electron chi connectivity index (χ2n) is 8.30. The van der Waals surface area contributed by atoms with E-state index in [2.05, 4.69) is 10.00 Å². The van der Waals surface area contributed by atoms with Gasteiger partial charge in [0, 0.05) is 45.3 Å². The van der Waals surface area contributed by atoms with Crippen molar-refractivity contribution in [3.8, 4) is 5.75 Å². The molecule has 5 rings (SSSR count). The van der Waals surface area contributed by atoms with Gasteiger partial charge < -0.3 is 19.4 Å². The fourth-order valence-electron chi connectivity index (χ4n) is 4.50. The first-order valence-electron chi connectivity index (χ1n) is 11.2. The number of carbonyl (C=O) groups excluding carboxylic acids is 2. The Bertz CT molecular complexity index is 1150. The van der Waals surface area contributed by atoms with Crippen molar-refractivity contribution in [2.75, 3.05) is 44.7 Å². The molecule has 33 heavy (non-hydrogen) atoms. The second-order valence-corrected chi connectivity index (χ2v) is 8.30. The lowest BCUT2D eigenvalue weighted by atomic mass is 10.2. The Morgan fingerprint density at radius 2 is 1.67 bits per heavy atom. The first-order chi connectivity index (χ1) is 16.1. The molecule has 170 valence electrons. The van der Waals surface area contributed by atoms with E-state index < -0.39 is 0 Å². The van der Waals surface area contributed by atoms with Crippen molar-refractivity contribution >= 4 is 17.5 Å². The Morgan fingerprint density at radius 3 is 2.42 bits per heavy atom. The molecule has 0 unspecified atom stereocenters. The van der Waals surface area contributed by atoms with Gasteiger partial charge in [-0.15, -0.1) is 0 Å². The summed E-state index contributed by atoms with van der Waals surface area (Å²) in [5.41, 5.74) is 2.94. The lowest BCUT2D eigenvalue weighted by Crippen LogP contribution is -2.49. The van der Waals surface area contributed by atoms with E-state index in [4.69, 9.17) is 4.74 Å². The Hall–Kier alpha value is -3.81. The van der Waals surface area contributed by atoms with Gasteiger partial charge in [-0.25, -0.2) is 0 Å². The third kappa shape index (κ3) is 4.16. The number of benzene rings is 2. The first kappa shape index (κ1) is 21.1.